The molecule has 17 heavy (non-hydrogen) atoms. The summed E-state index contributed by atoms with van der Waals surface area (Å²) in [5, 5.41) is 7.47. The lowest BCUT2D eigenvalue weighted by atomic mass is 10.3. The van der Waals surface area contributed by atoms with Crippen molar-refractivity contribution in [2.45, 2.75) is 13.0 Å². The summed E-state index contributed by atoms with van der Waals surface area (Å²) in [6, 6.07) is 5.74. The van der Waals surface area contributed by atoms with Crippen molar-refractivity contribution in [2.24, 2.45) is 0 Å². The van der Waals surface area contributed by atoms with Crippen LogP contribution in [0.3, 0.4) is 0 Å². The first kappa shape index (κ1) is 11.4. The molecular formula is C12H16N4O. The number of nitrogens with zero attached hydrogens (tertiary/aromatic N) is 3. The summed E-state index contributed by atoms with van der Waals surface area (Å²) in [6.45, 7) is 1.81. The lowest BCUT2D eigenvalue weighted by Crippen LogP contribution is -2.07. The van der Waals surface area contributed by atoms with Crippen LogP contribution in [0.4, 0.5) is 5.69 Å². The maximum atomic E-state index is 5.05. The molecule has 5 heteroatoms. The Labute approximate surface area is 100 Å². The van der Waals surface area contributed by atoms with Gasteiger partial charge in [-0.05, 0) is 18.6 Å². The standard InChI is InChI=1S/C12H16N4O/c1-17-12-10-11(4-7-14-12)13-5-2-8-16-9-3-6-15-16/h3-4,6-7,9-10H,2,5,8H2,1H3,(H,13,14). The fourth-order valence-corrected chi connectivity index (χ4v) is 1.54. The Morgan fingerprint density at radius 2 is 2.35 bits per heavy atom. The first-order chi connectivity index (χ1) is 8.38. The normalized spacial score (nSPS) is 10.2. The minimum Gasteiger partial charge on any atom is -0.481 e. The minimum atomic E-state index is 0.627. The molecule has 0 saturated heterocycles. The Morgan fingerprint density at radius 1 is 1.41 bits per heavy atom. The van der Waals surface area contributed by atoms with E-state index in [0.717, 1.165) is 25.2 Å². The maximum Gasteiger partial charge on any atom is 0.214 e. The average Bonchev–Trinajstić information content (AvgIpc) is 2.88. The number of aryl methyl sites for hydroxylation is 1. The minimum absolute atomic E-state index is 0.627. The van der Waals surface area contributed by atoms with Crippen molar-refractivity contribution in [1.29, 1.82) is 0 Å². The quantitative estimate of drug-likeness (QED) is 0.771. The molecule has 2 aromatic rings. The summed E-state index contributed by atoms with van der Waals surface area (Å²) in [5.74, 6) is 0.627. The third-order valence-electron chi connectivity index (χ3n) is 2.40. The molecule has 5 nitrogen and oxygen atoms in total. The molecule has 0 atom stereocenters. The highest BCUT2D eigenvalue weighted by molar-refractivity contribution is 5.44. The Bertz CT molecular complexity index is 442. The van der Waals surface area contributed by atoms with Crippen LogP contribution in [-0.4, -0.2) is 28.4 Å². The fraction of sp³-hybridized carbons (Fsp3) is 0.333. The lowest BCUT2D eigenvalue weighted by molar-refractivity contribution is 0.398. The van der Waals surface area contributed by atoms with Crippen LogP contribution in [-0.2, 0) is 6.54 Å². The summed E-state index contributed by atoms with van der Waals surface area (Å²) < 4.78 is 6.98. The van der Waals surface area contributed by atoms with Gasteiger partial charge in [0, 0.05) is 43.4 Å². The van der Waals surface area contributed by atoms with Gasteiger partial charge in [0.2, 0.25) is 5.88 Å². The van der Waals surface area contributed by atoms with E-state index in [1.165, 1.54) is 0 Å². The zero-order valence-corrected chi connectivity index (χ0v) is 9.84. The van der Waals surface area contributed by atoms with Crippen molar-refractivity contribution >= 4 is 5.69 Å². The second-order valence-electron chi connectivity index (χ2n) is 3.64. The summed E-state index contributed by atoms with van der Waals surface area (Å²) in [7, 11) is 1.61. The van der Waals surface area contributed by atoms with Gasteiger partial charge in [0.1, 0.15) is 0 Å². The third-order valence-corrected chi connectivity index (χ3v) is 2.40. The van der Waals surface area contributed by atoms with Gasteiger partial charge in [-0.1, -0.05) is 0 Å². The van der Waals surface area contributed by atoms with Crippen molar-refractivity contribution in [1.82, 2.24) is 14.8 Å². The van der Waals surface area contributed by atoms with Crippen LogP contribution < -0.4 is 10.1 Å². The zero-order chi connectivity index (χ0) is 11.9. The van der Waals surface area contributed by atoms with Gasteiger partial charge in [-0.3, -0.25) is 4.68 Å². The molecule has 0 aliphatic carbocycles. The number of aromatic nitrogens is 3. The van der Waals surface area contributed by atoms with Crippen molar-refractivity contribution in [3.63, 3.8) is 0 Å². The predicted molar refractivity (Wildman–Crippen MR) is 66.1 cm³/mol. The number of ether oxygens (including phenoxy) is 1. The Balaban J connectivity index is 1.74. The first-order valence-electron chi connectivity index (χ1n) is 5.60. The average molecular weight is 232 g/mol. The van der Waals surface area contributed by atoms with Gasteiger partial charge in [0.15, 0.2) is 0 Å². The largest absolute Gasteiger partial charge is 0.481 e. The molecule has 1 N–H and O–H groups in total. The van der Waals surface area contributed by atoms with Gasteiger partial charge < -0.3 is 10.1 Å². The molecule has 0 radical (unpaired) electrons. The van der Waals surface area contributed by atoms with Gasteiger partial charge in [-0.25, -0.2) is 4.98 Å². The number of nitrogens with one attached hydrogen (secondary N) is 1. The number of hydrogen-bond acceptors (Lipinski definition) is 4. The van der Waals surface area contributed by atoms with Gasteiger partial charge in [0.05, 0.1) is 7.11 Å². The van der Waals surface area contributed by atoms with Crippen molar-refractivity contribution in [3.05, 3.63) is 36.8 Å². The Kier molecular flexibility index (Phi) is 3.96. The summed E-state index contributed by atoms with van der Waals surface area (Å²) in [6.07, 6.45) is 6.51. The zero-order valence-electron chi connectivity index (χ0n) is 9.84. The van der Waals surface area contributed by atoms with Crippen molar-refractivity contribution in [2.75, 3.05) is 19.0 Å². The summed E-state index contributed by atoms with van der Waals surface area (Å²) in [5.41, 5.74) is 1.03. The first-order valence-corrected chi connectivity index (χ1v) is 5.60. The van der Waals surface area contributed by atoms with E-state index in [0.29, 0.717) is 5.88 Å². The summed E-state index contributed by atoms with van der Waals surface area (Å²) >= 11 is 0. The molecule has 2 heterocycles. The SMILES string of the molecule is COc1cc(NCCCn2cccn2)ccn1. The van der Waals surface area contributed by atoms with E-state index in [9.17, 15) is 0 Å². The Hall–Kier alpha value is -2.04. The van der Waals surface area contributed by atoms with E-state index >= 15 is 0 Å². The van der Waals surface area contributed by atoms with Crippen LogP contribution in [0.25, 0.3) is 0 Å². The van der Waals surface area contributed by atoms with Crippen LogP contribution in [0.5, 0.6) is 5.88 Å². The van der Waals surface area contributed by atoms with E-state index < -0.39 is 0 Å². The molecule has 90 valence electrons. The van der Waals surface area contributed by atoms with Crippen LogP contribution in [0.1, 0.15) is 6.42 Å². The molecule has 0 bridgehead atoms. The maximum absolute atomic E-state index is 5.05. The highest BCUT2D eigenvalue weighted by atomic mass is 16.5. The van der Waals surface area contributed by atoms with Gasteiger partial charge in [-0.2, -0.15) is 5.10 Å². The Morgan fingerprint density at radius 3 is 3.12 bits per heavy atom. The smallest absolute Gasteiger partial charge is 0.214 e. The number of methoxy groups -OCH3 is 1. The number of anilines is 1. The molecule has 2 aromatic heterocycles. The van der Waals surface area contributed by atoms with Gasteiger partial charge in [-0.15, -0.1) is 0 Å². The van der Waals surface area contributed by atoms with Gasteiger partial charge in [0.25, 0.3) is 0 Å². The molecule has 0 aliphatic rings. The predicted octanol–water partition coefficient (Wildman–Crippen LogP) is 1.79. The summed E-state index contributed by atoms with van der Waals surface area (Å²) in [4.78, 5) is 4.05. The van der Waals surface area contributed by atoms with Gasteiger partial charge >= 0.3 is 0 Å². The van der Waals surface area contributed by atoms with Crippen molar-refractivity contribution in [3.8, 4) is 5.88 Å². The van der Waals surface area contributed by atoms with Crippen LogP contribution in [0.2, 0.25) is 0 Å². The van der Waals surface area contributed by atoms with E-state index in [4.69, 9.17) is 4.74 Å². The van der Waals surface area contributed by atoms with E-state index in [1.54, 1.807) is 19.5 Å². The molecule has 0 fully saturated rings. The molecule has 2 rings (SSSR count). The highest BCUT2D eigenvalue weighted by Crippen LogP contribution is 2.12. The number of pyridine rings is 1. The lowest BCUT2D eigenvalue weighted by Gasteiger charge is -2.07. The molecule has 0 amide bonds. The molecular weight excluding hydrogens is 216 g/mol. The monoisotopic (exact) mass is 232 g/mol. The van der Waals surface area contributed by atoms with Crippen LogP contribution in [0.15, 0.2) is 36.8 Å². The fourth-order valence-electron chi connectivity index (χ4n) is 1.54. The molecule has 0 unspecified atom stereocenters. The van der Waals surface area contributed by atoms with E-state index in [-0.39, 0.29) is 0 Å². The molecule has 0 spiro atoms. The molecule has 0 aliphatic heterocycles. The second-order valence-corrected chi connectivity index (χ2v) is 3.64. The third kappa shape index (κ3) is 3.48. The number of hydrogen-bond donors (Lipinski definition) is 1. The highest BCUT2D eigenvalue weighted by Gasteiger charge is 1.96. The molecule has 0 saturated carbocycles. The van der Waals surface area contributed by atoms with Crippen LogP contribution in [0, 0.1) is 0 Å². The molecule has 0 aromatic carbocycles. The topological polar surface area (TPSA) is 52.0 Å². The second kappa shape index (κ2) is 5.89. The number of rotatable bonds is 6. The van der Waals surface area contributed by atoms with E-state index in [1.807, 2.05) is 29.1 Å². The van der Waals surface area contributed by atoms with E-state index in [2.05, 4.69) is 15.4 Å². The van der Waals surface area contributed by atoms with Crippen molar-refractivity contribution < 1.29 is 4.74 Å². The van der Waals surface area contributed by atoms with Crippen LogP contribution >= 0.6 is 0 Å².